The van der Waals surface area contributed by atoms with Gasteiger partial charge in [0.1, 0.15) is 0 Å². The van der Waals surface area contributed by atoms with Crippen LogP contribution < -0.4 is 0 Å². The molecular formula is C27H51N4Ni. The fourth-order valence-corrected chi connectivity index (χ4v) is 3.11. The minimum atomic E-state index is 0. The van der Waals surface area contributed by atoms with Crippen molar-refractivity contribution in [1.82, 2.24) is 19.6 Å². The maximum absolute atomic E-state index is 2.32. The van der Waals surface area contributed by atoms with E-state index in [1.807, 2.05) is 0 Å². The number of allylic oxidation sites excluding steroid dienone is 2. The van der Waals surface area contributed by atoms with Gasteiger partial charge in [0.05, 0.1) is 0 Å². The van der Waals surface area contributed by atoms with Gasteiger partial charge in [0.25, 0.3) is 0 Å². The minimum Gasteiger partial charge on any atom is -0.506 e. The first kappa shape index (κ1) is 33.1. The Labute approximate surface area is 211 Å². The number of rotatable bonds is 4. The predicted molar refractivity (Wildman–Crippen MR) is 138 cm³/mol. The van der Waals surface area contributed by atoms with Crippen molar-refractivity contribution in [2.45, 2.75) is 118 Å². The average molecular weight is 490 g/mol. The van der Waals surface area contributed by atoms with Gasteiger partial charge in [0.15, 0.2) is 0 Å². The zero-order chi connectivity index (χ0) is 22.5. The molecule has 3 rings (SSSR count). The van der Waals surface area contributed by atoms with E-state index in [1.165, 1.54) is 38.5 Å². The van der Waals surface area contributed by atoms with E-state index in [4.69, 9.17) is 0 Å². The molecule has 0 bridgehead atoms. The minimum absolute atomic E-state index is 0. The van der Waals surface area contributed by atoms with Gasteiger partial charge in [0.2, 0.25) is 0 Å². The summed E-state index contributed by atoms with van der Waals surface area (Å²) in [6.45, 7) is 21.8. The van der Waals surface area contributed by atoms with Crippen LogP contribution in [0.15, 0.2) is 37.0 Å². The summed E-state index contributed by atoms with van der Waals surface area (Å²) >= 11 is 0. The van der Waals surface area contributed by atoms with Crippen LogP contribution in [0.3, 0.4) is 0 Å². The van der Waals surface area contributed by atoms with Crippen LogP contribution in [-0.2, 0) is 16.5 Å². The topological polar surface area (TPSA) is 13.0 Å². The molecule has 0 fully saturated rings. The molecule has 0 unspecified atom stereocenters. The Hall–Kier alpha value is -1.09. The molecule has 0 aromatic rings. The number of hydrogen-bond donors (Lipinski definition) is 0. The Morgan fingerprint density at radius 3 is 0.938 bits per heavy atom. The summed E-state index contributed by atoms with van der Waals surface area (Å²) < 4.78 is 0. The molecule has 0 spiro atoms. The van der Waals surface area contributed by atoms with Crippen molar-refractivity contribution in [2.75, 3.05) is 0 Å². The first-order valence-electron chi connectivity index (χ1n) is 12.0. The fraction of sp³-hybridized carbons (Fsp3) is 0.667. The molecule has 2 aliphatic heterocycles. The van der Waals surface area contributed by atoms with E-state index < -0.39 is 0 Å². The van der Waals surface area contributed by atoms with Crippen molar-refractivity contribution in [2.24, 2.45) is 0 Å². The normalized spacial score (nSPS) is 17.6. The van der Waals surface area contributed by atoms with Crippen molar-refractivity contribution in [3.63, 3.8) is 0 Å². The second-order valence-electron chi connectivity index (χ2n) is 9.45. The number of hydrogen-bond acceptors (Lipinski definition) is 4. The average Bonchev–Trinajstić information content (AvgIpc) is 3.32. The largest absolute Gasteiger partial charge is 3.00 e. The van der Waals surface area contributed by atoms with E-state index in [1.54, 1.807) is 0 Å². The van der Waals surface area contributed by atoms with Gasteiger partial charge in [-0.1, -0.05) is 25.0 Å². The third-order valence-electron chi connectivity index (χ3n) is 5.40. The van der Waals surface area contributed by atoms with Crippen LogP contribution in [0.4, 0.5) is 0 Å². The van der Waals surface area contributed by atoms with Gasteiger partial charge in [-0.2, -0.15) is 13.3 Å². The summed E-state index contributed by atoms with van der Waals surface area (Å²) in [6, 6.07) is 2.26. The molecule has 5 heteroatoms. The summed E-state index contributed by atoms with van der Waals surface area (Å²) in [5, 5.41) is 0. The maximum Gasteiger partial charge on any atom is 3.00 e. The SMILES string of the molecule is C1=CCCCCCC1.CC(C)N1C=CN(C(C)C)[CH-]1.CC(C)N1C=CN(C(C)C)[CH-]1.[CH3-].[Ni+3]. The standard InChI is InChI=1S/2C9H17N2.C8H14.CH3.Ni/c2*1-8(2)10-5-6-11(7-10)9(3)4;1-2-4-6-8-7-5-3-1;;/h2*5-9H,1-4H3;1-2H,3-8H2;1H3;/q2*-1;;-1;+3. The van der Waals surface area contributed by atoms with Gasteiger partial charge < -0.3 is 27.0 Å². The zero-order valence-corrected chi connectivity index (χ0v) is 23.3. The van der Waals surface area contributed by atoms with Crippen LogP contribution in [0.5, 0.6) is 0 Å². The summed E-state index contributed by atoms with van der Waals surface area (Å²) in [5.41, 5.74) is 0. The second-order valence-corrected chi connectivity index (χ2v) is 9.45. The summed E-state index contributed by atoms with van der Waals surface area (Å²) in [5.74, 6) is 0. The molecule has 32 heavy (non-hydrogen) atoms. The van der Waals surface area contributed by atoms with E-state index >= 15 is 0 Å². The van der Waals surface area contributed by atoms with Gasteiger partial charge in [-0.15, -0.1) is 0 Å². The Morgan fingerprint density at radius 1 is 0.500 bits per heavy atom. The fourth-order valence-electron chi connectivity index (χ4n) is 3.11. The van der Waals surface area contributed by atoms with Crippen molar-refractivity contribution >= 4 is 0 Å². The predicted octanol–water partition coefficient (Wildman–Crippen LogP) is 7.37. The van der Waals surface area contributed by atoms with Gasteiger partial charge in [-0.05, 0) is 130 Å². The Balaban J connectivity index is 0. The summed E-state index contributed by atoms with van der Waals surface area (Å²) in [4.78, 5) is 8.83. The van der Waals surface area contributed by atoms with E-state index in [2.05, 4.69) is 125 Å². The monoisotopic (exact) mass is 489 g/mol. The Morgan fingerprint density at radius 2 is 0.750 bits per heavy atom. The quantitative estimate of drug-likeness (QED) is 0.232. The molecule has 0 saturated carbocycles. The Bertz CT molecular complexity index is 448. The molecule has 1 aliphatic carbocycles. The van der Waals surface area contributed by atoms with E-state index in [9.17, 15) is 0 Å². The van der Waals surface area contributed by atoms with E-state index in [0.717, 1.165) is 0 Å². The third kappa shape index (κ3) is 13.5. The molecule has 0 aromatic carbocycles. The number of nitrogens with zero attached hydrogens (tertiary/aromatic N) is 4. The molecule has 1 radical (unpaired) electrons. The van der Waals surface area contributed by atoms with Gasteiger partial charge >= 0.3 is 16.5 Å². The molecule has 0 aromatic heterocycles. The molecule has 0 N–H and O–H groups in total. The molecule has 2 heterocycles. The third-order valence-corrected chi connectivity index (χ3v) is 5.40. The van der Waals surface area contributed by atoms with Crippen LogP contribution in [0, 0.1) is 20.8 Å². The molecule has 3 aliphatic rings. The van der Waals surface area contributed by atoms with Crippen molar-refractivity contribution in [3.8, 4) is 0 Å². The van der Waals surface area contributed by atoms with Crippen LogP contribution in [0.1, 0.15) is 93.9 Å². The van der Waals surface area contributed by atoms with Crippen molar-refractivity contribution in [1.29, 1.82) is 0 Å². The van der Waals surface area contributed by atoms with Crippen molar-refractivity contribution < 1.29 is 16.5 Å². The molecule has 4 nitrogen and oxygen atoms in total. The maximum atomic E-state index is 2.32. The summed E-state index contributed by atoms with van der Waals surface area (Å²) in [7, 11) is 0. The van der Waals surface area contributed by atoms with E-state index in [-0.39, 0.29) is 23.9 Å². The van der Waals surface area contributed by atoms with Gasteiger partial charge in [-0.3, -0.25) is 0 Å². The summed E-state index contributed by atoms with van der Waals surface area (Å²) in [6.07, 6.45) is 21.5. The molecule has 0 atom stereocenters. The van der Waals surface area contributed by atoms with Crippen molar-refractivity contribution in [3.05, 3.63) is 57.7 Å². The van der Waals surface area contributed by atoms with Gasteiger partial charge in [0, 0.05) is 0 Å². The smallest absolute Gasteiger partial charge is 0.506 e. The zero-order valence-electron chi connectivity index (χ0n) is 22.3. The molecule has 0 saturated heterocycles. The van der Waals surface area contributed by atoms with Crippen LogP contribution >= 0.6 is 0 Å². The first-order chi connectivity index (χ1) is 14.2. The molecule has 189 valence electrons. The first-order valence-corrected chi connectivity index (χ1v) is 12.0. The second kappa shape index (κ2) is 18.4. The van der Waals surface area contributed by atoms with Crippen LogP contribution in [0.2, 0.25) is 0 Å². The van der Waals surface area contributed by atoms with Crippen LogP contribution in [-0.4, -0.2) is 43.8 Å². The van der Waals surface area contributed by atoms with E-state index in [0.29, 0.717) is 24.2 Å². The molecule has 0 amide bonds. The van der Waals surface area contributed by atoms with Gasteiger partial charge in [-0.25, -0.2) is 0 Å². The molecular weight excluding hydrogens is 439 g/mol. The Kier molecular flexibility index (Phi) is 19.0. The van der Waals surface area contributed by atoms with Crippen LogP contribution in [0.25, 0.3) is 0 Å².